The van der Waals surface area contributed by atoms with Gasteiger partial charge in [-0.1, -0.05) is 0 Å². The van der Waals surface area contributed by atoms with Crippen LogP contribution in [0, 0.1) is 0 Å². The monoisotopic (exact) mass is 368 g/mol. The molecule has 2 heterocycles. The van der Waals surface area contributed by atoms with E-state index >= 15 is 0 Å². The number of amides is 2. The highest BCUT2D eigenvalue weighted by molar-refractivity contribution is 5.96. The molecule has 8 nitrogen and oxygen atoms in total. The normalized spacial score (nSPS) is 23.5. The average Bonchev–Trinajstić information content (AvgIpc) is 3.14. The minimum absolute atomic E-state index is 0.119. The van der Waals surface area contributed by atoms with Gasteiger partial charge in [0.25, 0.3) is 0 Å². The van der Waals surface area contributed by atoms with E-state index in [-0.39, 0.29) is 24.2 Å². The summed E-state index contributed by atoms with van der Waals surface area (Å²) in [5.41, 5.74) is -1.83. The van der Waals surface area contributed by atoms with Crippen molar-refractivity contribution in [1.82, 2.24) is 10.6 Å². The molecule has 2 saturated heterocycles. The molecule has 0 radical (unpaired) electrons. The second-order valence-electron chi connectivity index (χ2n) is 7.97. The molecule has 2 aliphatic rings. The van der Waals surface area contributed by atoms with Gasteiger partial charge in [-0.15, -0.1) is 0 Å². The second kappa shape index (κ2) is 7.73. The predicted octanol–water partition coefficient (Wildman–Crippen LogP) is 0.620. The summed E-state index contributed by atoms with van der Waals surface area (Å²) in [6.07, 6.45) is 2.01. The van der Waals surface area contributed by atoms with Crippen LogP contribution in [0.1, 0.15) is 59.8 Å². The zero-order valence-corrected chi connectivity index (χ0v) is 15.8. The zero-order chi connectivity index (χ0) is 19.5. The number of carbonyl (C=O) groups is 4. The minimum Gasteiger partial charge on any atom is -0.458 e. The van der Waals surface area contributed by atoms with Crippen LogP contribution in [-0.2, 0) is 28.7 Å². The molecule has 0 aromatic heterocycles. The van der Waals surface area contributed by atoms with E-state index in [0.29, 0.717) is 32.1 Å². The first-order valence-electron chi connectivity index (χ1n) is 9.00. The third kappa shape index (κ3) is 5.27. The van der Waals surface area contributed by atoms with Gasteiger partial charge in [-0.3, -0.25) is 14.4 Å². The lowest BCUT2D eigenvalue weighted by Crippen LogP contribution is -2.47. The molecule has 0 aliphatic carbocycles. The van der Waals surface area contributed by atoms with E-state index < -0.39 is 29.3 Å². The van der Waals surface area contributed by atoms with Crippen LogP contribution in [0.15, 0.2) is 0 Å². The van der Waals surface area contributed by atoms with Crippen molar-refractivity contribution in [2.24, 2.45) is 0 Å². The van der Waals surface area contributed by atoms with Crippen molar-refractivity contribution in [1.29, 1.82) is 0 Å². The topological polar surface area (TPSA) is 111 Å². The number of Topliss-reactive ketones (excluding diaryl/α,β-unsaturated/α-hetero) is 1. The molecule has 2 rings (SSSR count). The summed E-state index contributed by atoms with van der Waals surface area (Å²) >= 11 is 0. The molecule has 26 heavy (non-hydrogen) atoms. The van der Waals surface area contributed by atoms with Gasteiger partial charge >= 0.3 is 5.97 Å². The highest BCUT2D eigenvalue weighted by Crippen LogP contribution is 2.22. The summed E-state index contributed by atoms with van der Waals surface area (Å²) in [4.78, 5) is 47.1. The van der Waals surface area contributed by atoms with Crippen molar-refractivity contribution in [2.75, 3.05) is 6.61 Å². The Hall–Kier alpha value is -1.96. The van der Waals surface area contributed by atoms with Crippen molar-refractivity contribution in [3.05, 3.63) is 0 Å². The van der Waals surface area contributed by atoms with Crippen molar-refractivity contribution in [3.8, 4) is 0 Å². The fourth-order valence-corrected chi connectivity index (χ4v) is 3.04. The molecule has 2 N–H and O–H groups in total. The van der Waals surface area contributed by atoms with Crippen molar-refractivity contribution >= 4 is 23.6 Å². The van der Waals surface area contributed by atoms with Gasteiger partial charge in [-0.2, -0.15) is 0 Å². The van der Waals surface area contributed by atoms with Crippen LogP contribution < -0.4 is 10.6 Å². The van der Waals surface area contributed by atoms with Gasteiger partial charge < -0.3 is 20.1 Å². The summed E-state index contributed by atoms with van der Waals surface area (Å²) in [5, 5.41) is 5.24. The van der Waals surface area contributed by atoms with E-state index in [2.05, 4.69) is 10.6 Å². The molecule has 2 aliphatic heterocycles. The van der Waals surface area contributed by atoms with Gasteiger partial charge in [0.05, 0.1) is 12.6 Å². The van der Waals surface area contributed by atoms with Gasteiger partial charge in [0.15, 0.2) is 5.78 Å². The maximum absolute atomic E-state index is 12.5. The van der Waals surface area contributed by atoms with Crippen LogP contribution in [0.5, 0.6) is 0 Å². The van der Waals surface area contributed by atoms with Gasteiger partial charge in [0.1, 0.15) is 17.2 Å². The lowest BCUT2D eigenvalue weighted by Gasteiger charge is -2.30. The molecular formula is C18H28N2O6. The van der Waals surface area contributed by atoms with E-state index in [1.54, 1.807) is 27.7 Å². The van der Waals surface area contributed by atoms with Crippen LogP contribution in [-0.4, -0.2) is 53.5 Å². The third-order valence-electron chi connectivity index (χ3n) is 4.73. The Morgan fingerprint density at radius 2 is 1.54 bits per heavy atom. The number of nitrogens with one attached hydrogen (secondary N) is 2. The lowest BCUT2D eigenvalue weighted by molar-refractivity contribution is -0.163. The molecule has 2 unspecified atom stereocenters. The van der Waals surface area contributed by atoms with Crippen LogP contribution in [0.4, 0.5) is 0 Å². The van der Waals surface area contributed by atoms with Gasteiger partial charge in [-0.25, -0.2) is 4.79 Å². The summed E-state index contributed by atoms with van der Waals surface area (Å²) in [6.45, 7) is 7.09. The quantitative estimate of drug-likeness (QED) is 0.608. The Morgan fingerprint density at radius 1 is 1.00 bits per heavy atom. The molecule has 8 heteroatoms. The first-order valence-corrected chi connectivity index (χ1v) is 9.00. The molecule has 0 saturated carbocycles. The summed E-state index contributed by atoms with van der Waals surface area (Å²) in [5.74, 6) is -0.879. The van der Waals surface area contributed by atoms with E-state index in [4.69, 9.17) is 9.47 Å². The Labute approximate surface area is 153 Å². The first kappa shape index (κ1) is 20.4. The van der Waals surface area contributed by atoms with E-state index in [0.717, 1.165) is 0 Å². The van der Waals surface area contributed by atoms with Crippen molar-refractivity contribution in [3.63, 3.8) is 0 Å². The molecule has 0 bridgehead atoms. The predicted molar refractivity (Wildman–Crippen MR) is 92.2 cm³/mol. The van der Waals surface area contributed by atoms with Gasteiger partial charge in [0, 0.05) is 19.3 Å². The number of ketones is 1. The Balaban J connectivity index is 1.79. The van der Waals surface area contributed by atoms with Crippen molar-refractivity contribution in [2.45, 2.75) is 83.1 Å². The second-order valence-corrected chi connectivity index (χ2v) is 7.97. The molecule has 0 aromatic carbocycles. The van der Waals surface area contributed by atoms with E-state index in [1.165, 1.54) is 0 Å². The number of hydrogen-bond donors (Lipinski definition) is 2. The fourth-order valence-electron chi connectivity index (χ4n) is 3.04. The largest absolute Gasteiger partial charge is 0.458 e. The number of hydrogen-bond acceptors (Lipinski definition) is 6. The molecule has 0 spiro atoms. The van der Waals surface area contributed by atoms with E-state index in [9.17, 15) is 19.2 Å². The number of carbonyl (C=O) groups excluding carboxylic acids is 4. The van der Waals surface area contributed by atoms with Gasteiger partial charge in [-0.05, 0) is 40.5 Å². The smallest absolute Gasteiger partial charge is 0.329 e. The molecule has 146 valence electrons. The highest BCUT2D eigenvalue weighted by atomic mass is 16.6. The number of ether oxygens (including phenoxy) is 2. The molecule has 0 aromatic rings. The Morgan fingerprint density at radius 3 is 2.04 bits per heavy atom. The highest BCUT2D eigenvalue weighted by Gasteiger charge is 2.39. The Kier molecular flexibility index (Phi) is 6.05. The number of esters is 1. The summed E-state index contributed by atoms with van der Waals surface area (Å²) < 4.78 is 11.2. The van der Waals surface area contributed by atoms with Crippen LogP contribution in [0.25, 0.3) is 0 Å². The Bertz CT molecular complexity index is 598. The van der Waals surface area contributed by atoms with Crippen molar-refractivity contribution < 1.29 is 28.7 Å². The van der Waals surface area contributed by atoms with Gasteiger partial charge in [0.2, 0.25) is 11.8 Å². The van der Waals surface area contributed by atoms with E-state index in [1.807, 2.05) is 0 Å². The van der Waals surface area contributed by atoms with Crippen LogP contribution in [0.2, 0.25) is 0 Å². The summed E-state index contributed by atoms with van der Waals surface area (Å²) in [7, 11) is 0. The minimum atomic E-state index is -1.04. The molecule has 2 fully saturated rings. The maximum Gasteiger partial charge on any atom is 0.329 e. The third-order valence-corrected chi connectivity index (χ3v) is 4.73. The SMILES string of the molecule is CC(C)(CCOC(C)(C)C(=O)C1CCC(=O)N1)OC(=O)C1CCC(=O)N1. The summed E-state index contributed by atoms with van der Waals surface area (Å²) in [6, 6.07) is -1.10. The zero-order valence-electron chi connectivity index (χ0n) is 15.8. The standard InChI is InChI=1S/C18H28N2O6/c1-17(2,26-16(24)12-6-8-14(22)20-12)9-10-25-18(3,4)15(23)11-5-7-13(21)19-11/h11-12H,5-10H2,1-4H3,(H,19,21)(H,20,22). The molecule has 2 atom stereocenters. The fraction of sp³-hybridized carbons (Fsp3) is 0.778. The first-order chi connectivity index (χ1) is 12.0. The number of rotatable bonds is 8. The van der Waals surface area contributed by atoms with Crippen LogP contribution in [0.3, 0.4) is 0 Å². The van der Waals surface area contributed by atoms with Crippen LogP contribution >= 0.6 is 0 Å². The lowest BCUT2D eigenvalue weighted by atomic mass is 9.95. The maximum atomic E-state index is 12.5. The average molecular weight is 368 g/mol. The molecular weight excluding hydrogens is 340 g/mol. The molecule has 2 amide bonds.